The van der Waals surface area contributed by atoms with E-state index in [0.29, 0.717) is 5.16 Å². The van der Waals surface area contributed by atoms with Crippen LogP contribution in [0.15, 0.2) is 28.3 Å². The minimum Gasteiger partial charge on any atom is -0.368 e. The summed E-state index contributed by atoms with van der Waals surface area (Å²) in [5.74, 6) is 0.152. The van der Waals surface area contributed by atoms with Gasteiger partial charge in [0.2, 0.25) is 11.2 Å². The highest BCUT2D eigenvalue weighted by Crippen LogP contribution is 2.30. The van der Waals surface area contributed by atoms with Crippen molar-refractivity contribution in [3.63, 3.8) is 0 Å². The van der Waals surface area contributed by atoms with E-state index in [1.807, 2.05) is 0 Å². The van der Waals surface area contributed by atoms with Crippen LogP contribution in [0.4, 0.5) is 5.95 Å². The molecule has 3 rings (SSSR count). The molecule has 0 bridgehead atoms. The van der Waals surface area contributed by atoms with Gasteiger partial charge < -0.3 is 5.73 Å². The number of nitrogens with two attached hydrogens (primary N) is 1. The quantitative estimate of drug-likeness (QED) is 0.915. The number of aryl methyl sites for hydroxylation is 2. The lowest BCUT2D eigenvalue weighted by Gasteiger charge is -2.04. The van der Waals surface area contributed by atoms with Crippen molar-refractivity contribution in [3.8, 4) is 0 Å². The third-order valence-corrected chi connectivity index (χ3v) is 3.91. The molecule has 1 aliphatic carbocycles. The molecule has 1 aliphatic rings. The first-order valence-electron chi connectivity index (χ1n) is 5.67. The van der Waals surface area contributed by atoms with Gasteiger partial charge in [-0.15, -0.1) is 0 Å². The van der Waals surface area contributed by atoms with Gasteiger partial charge in [-0.3, -0.25) is 0 Å². The molecule has 6 heteroatoms. The SMILES string of the molecule is Nc1nc(Cl)nc(Sc2ccc3c(c2)CCC3)n1. The predicted molar refractivity (Wildman–Crippen MR) is 71.8 cm³/mol. The van der Waals surface area contributed by atoms with Crippen molar-refractivity contribution in [1.29, 1.82) is 0 Å². The van der Waals surface area contributed by atoms with E-state index in [0.717, 1.165) is 11.3 Å². The Morgan fingerprint density at radius 1 is 1.11 bits per heavy atom. The maximum Gasteiger partial charge on any atom is 0.228 e. The summed E-state index contributed by atoms with van der Waals surface area (Å²) in [6, 6.07) is 6.46. The molecule has 0 aliphatic heterocycles. The molecule has 1 aromatic carbocycles. The van der Waals surface area contributed by atoms with E-state index < -0.39 is 0 Å². The molecule has 0 radical (unpaired) electrons. The first-order valence-corrected chi connectivity index (χ1v) is 6.87. The van der Waals surface area contributed by atoms with Crippen LogP contribution in [0.2, 0.25) is 5.28 Å². The van der Waals surface area contributed by atoms with Crippen LogP contribution in [0.1, 0.15) is 17.5 Å². The van der Waals surface area contributed by atoms with Crippen LogP contribution in [0.25, 0.3) is 0 Å². The number of rotatable bonds is 2. The van der Waals surface area contributed by atoms with Gasteiger partial charge in [-0.1, -0.05) is 6.07 Å². The largest absolute Gasteiger partial charge is 0.368 e. The molecule has 0 unspecified atom stereocenters. The number of nitrogens with zero attached hydrogens (tertiary/aromatic N) is 3. The number of aromatic nitrogens is 3. The third-order valence-electron chi connectivity index (χ3n) is 2.88. The fraction of sp³-hybridized carbons (Fsp3) is 0.250. The monoisotopic (exact) mass is 278 g/mol. The number of benzene rings is 1. The number of nitrogen functional groups attached to an aromatic ring is 1. The number of hydrogen-bond donors (Lipinski definition) is 1. The van der Waals surface area contributed by atoms with Gasteiger partial charge >= 0.3 is 0 Å². The lowest BCUT2D eigenvalue weighted by molar-refractivity contribution is 0.911. The van der Waals surface area contributed by atoms with Crippen LogP contribution in [-0.4, -0.2) is 15.0 Å². The molecule has 0 fully saturated rings. The zero-order valence-corrected chi connectivity index (χ0v) is 11.1. The first kappa shape index (κ1) is 11.7. The molecular weight excluding hydrogens is 268 g/mol. The molecular formula is C12H11ClN4S. The van der Waals surface area contributed by atoms with Gasteiger partial charge in [0, 0.05) is 4.90 Å². The molecule has 92 valence electrons. The molecule has 0 saturated carbocycles. The summed E-state index contributed by atoms with van der Waals surface area (Å²) in [4.78, 5) is 13.0. The fourth-order valence-electron chi connectivity index (χ4n) is 2.11. The Morgan fingerprint density at radius 3 is 2.78 bits per heavy atom. The second-order valence-electron chi connectivity index (χ2n) is 4.13. The van der Waals surface area contributed by atoms with Crippen molar-refractivity contribution in [1.82, 2.24) is 15.0 Å². The maximum absolute atomic E-state index is 5.75. The Labute approximate surface area is 114 Å². The van der Waals surface area contributed by atoms with Crippen molar-refractivity contribution in [2.75, 3.05) is 5.73 Å². The highest BCUT2D eigenvalue weighted by molar-refractivity contribution is 7.99. The number of halogens is 1. The topological polar surface area (TPSA) is 64.7 Å². The van der Waals surface area contributed by atoms with Gasteiger partial charge in [-0.05, 0) is 65.9 Å². The summed E-state index contributed by atoms with van der Waals surface area (Å²) in [6.07, 6.45) is 3.59. The van der Waals surface area contributed by atoms with Gasteiger partial charge in [0.25, 0.3) is 0 Å². The summed E-state index contributed by atoms with van der Waals surface area (Å²) in [5, 5.41) is 0.664. The average molecular weight is 279 g/mol. The molecule has 0 spiro atoms. The molecule has 2 aromatic rings. The van der Waals surface area contributed by atoms with Gasteiger partial charge in [0.15, 0.2) is 5.16 Å². The summed E-state index contributed by atoms with van der Waals surface area (Å²) in [6.45, 7) is 0. The molecule has 0 atom stereocenters. The van der Waals surface area contributed by atoms with Crippen LogP contribution in [0.5, 0.6) is 0 Å². The molecule has 2 N–H and O–H groups in total. The minimum absolute atomic E-state index is 0.131. The summed E-state index contributed by atoms with van der Waals surface area (Å²) >= 11 is 7.21. The number of hydrogen-bond acceptors (Lipinski definition) is 5. The molecule has 0 saturated heterocycles. The van der Waals surface area contributed by atoms with Crippen LogP contribution in [-0.2, 0) is 12.8 Å². The molecule has 1 heterocycles. The Morgan fingerprint density at radius 2 is 1.94 bits per heavy atom. The van der Waals surface area contributed by atoms with Crippen molar-refractivity contribution >= 4 is 29.3 Å². The zero-order valence-electron chi connectivity index (χ0n) is 9.56. The van der Waals surface area contributed by atoms with Crippen LogP contribution in [0, 0.1) is 0 Å². The molecule has 1 aromatic heterocycles. The summed E-state index contributed by atoms with van der Waals surface area (Å²) in [7, 11) is 0. The van der Waals surface area contributed by atoms with Crippen molar-refractivity contribution in [3.05, 3.63) is 34.6 Å². The van der Waals surface area contributed by atoms with Gasteiger partial charge in [-0.25, -0.2) is 0 Å². The van der Waals surface area contributed by atoms with E-state index in [9.17, 15) is 0 Å². The lowest BCUT2D eigenvalue weighted by Crippen LogP contribution is -1.98. The maximum atomic E-state index is 5.75. The van der Waals surface area contributed by atoms with E-state index >= 15 is 0 Å². The Kier molecular flexibility index (Phi) is 3.09. The van der Waals surface area contributed by atoms with Crippen molar-refractivity contribution < 1.29 is 0 Å². The van der Waals surface area contributed by atoms with Crippen molar-refractivity contribution in [2.24, 2.45) is 0 Å². The molecule has 4 nitrogen and oxygen atoms in total. The van der Waals surface area contributed by atoms with Crippen LogP contribution >= 0.6 is 23.4 Å². The summed E-state index contributed by atoms with van der Waals surface area (Å²) < 4.78 is 0. The number of fused-ring (bicyclic) bond motifs is 1. The van der Waals surface area contributed by atoms with Gasteiger partial charge in [0.05, 0.1) is 0 Å². The summed E-state index contributed by atoms with van der Waals surface area (Å²) in [5.41, 5.74) is 8.42. The van der Waals surface area contributed by atoms with E-state index in [2.05, 4.69) is 33.2 Å². The van der Waals surface area contributed by atoms with Crippen molar-refractivity contribution in [2.45, 2.75) is 29.3 Å². The van der Waals surface area contributed by atoms with Crippen LogP contribution in [0.3, 0.4) is 0 Å². The standard InChI is InChI=1S/C12H11ClN4S/c13-10-15-11(14)17-12(16-10)18-9-5-4-7-2-1-3-8(7)6-9/h4-6H,1-3H2,(H2,14,15,16,17). The highest BCUT2D eigenvalue weighted by Gasteiger charge is 2.12. The predicted octanol–water partition coefficient (Wildman–Crippen LogP) is 2.75. The normalized spacial score (nSPS) is 13.6. The molecule has 18 heavy (non-hydrogen) atoms. The van der Waals surface area contributed by atoms with E-state index in [1.54, 1.807) is 0 Å². The smallest absolute Gasteiger partial charge is 0.228 e. The Bertz CT molecular complexity index is 582. The zero-order chi connectivity index (χ0) is 12.5. The second-order valence-corrected chi connectivity index (χ2v) is 5.51. The Hall–Kier alpha value is -1.33. The Balaban J connectivity index is 1.88. The average Bonchev–Trinajstić information content (AvgIpc) is 2.74. The first-order chi connectivity index (χ1) is 8.70. The lowest BCUT2D eigenvalue weighted by atomic mass is 10.1. The molecule has 0 amide bonds. The fourth-order valence-corrected chi connectivity index (χ4v) is 3.15. The van der Waals surface area contributed by atoms with E-state index in [-0.39, 0.29) is 11.2 Å². The highest BCUT2D eigenvalue weighted by atomic mass is 35.5. The third kappa shape index (κ3) is 2.42. The van der Waals surface area contributed by atoms with Crippen LogP contribution < -0.4 is 5.73 Å². The van der Waals surface area contributed by atoms with E-state index in [4.69, 9.17) is 17.3 Å². The van der Waals surface area contributed by atoms with Gasteiger partial charge in [-0.2, -0.15) is 15.0 Å². The second kappa shape index (κ2) is 4.74. The van der Waals surface area contributed by atoms with E-state index in [1.165, 1.54) is 35.7 Å². The van der Waals surface area contributed by atoms with Gasteiger partial charge in [0.1, 0.15) is 0 Å². The number of anilines is 1. The minimum atomic E-state index is 0.131.